The molecule has 1 fully saturated rings. The second-order valence-electron chi connectivity index (χ2n) is 7.36. The van der Waals surface area contributed by atoms with Gasteiger partial charge in [-0.2, -0.15) is 0 Å². The van der Waals surface area contributed by atoms with Gasteiger partial charge in [-0.15, -0.1) is 0 Å². The fourth-order valence-corrected chi connectivity index (χ4v) is 3.53. The van der Waals surface area contributed by atoms with Crippen molar-refractivity contribution in [3.05, 3.63) is 59.8 Å². The number of pyridine rings is 1. The Labute approximate surface area is 171 Å². The summed E-state index contributed by atoms with van der Waals surface area (Å²) < 4.78 is 0. The number of amides is 2. The van der Waals surface area contributed by atoms with E-state index in [1.165, 1.54) is 12.8 Å². The summed E-state index contributed by atoms with van der Waals surface area (Å²) in [7, 11) is 0. The van der Waals surface area contributed by atoms with Crippen LogP contribution in [-0.4, -0.2) is 41.2 Å². The molecule has 0 bridgehead atoms. The Morgan fingerprint density at radius 2 is 1.86 bits per heavy atom. The summed E-state index contributed by atoms with van der Waals surface area (Å²) in [5, 5.41) is 14.8. The fourth-order valence-electron chi connectivity index (χ4n) is 3.53. The van der Waals surface area contributed by atoms with Gasteiger partial charge in [-0.05, 0) is 48.9 Å². The second kappa shape index (κ2) is 10.5. The molecule has 3 N–H and O–H groups in total. The quantitative estimate of drug-likeness (QED) is 0.606. The standard InChI is InChI=1S/C22H28N4O3/c27-21(28)9-8-19(14-17-6-2-1-3-7-17)25-22(29)24-16-18-10-11-23-20(15-18)26-12-4-5-13-26/h1-3,6-7,10-11,15,19H,4-5,8-9,12-14,16H2,(H,27,28)(H2,24,25,29). The predicted molar refractivity (Wildman–Crippen MR) is 112 cm³/mol. The molecule has 1 aromatic carbocycles. The first-order chi connectivity index (χ1) is 14.1. The van der Waals surface area contributed by atoms with Gasteiger partial charge >= 0.3 is 12.0 Å². The van der Waals surface area contributed by atoms with Gasteiger partial charge in [0.05, 0.1) is 0 Å². The molecule has 1 aliphatic heterocycles. The molecule has 1 saturated heterocycles. The summed E-state index contributed by atoms with van der Waals surface area (Å²) in [5.74, 6) is 0.0853. The summed E-state index contributed by atoms with van der Waals surface area (Å²) in [6.07, 6.45) is 5.13. The number of aliphatic carboxylic acids is 1. The van der Waals surface area contributed by atoms with Crippen molar-refractivity contribution in [1.29, 1.82) is 0 Å². The Hall–Kier alpha value is -3.09. The van der Waals surface area contributed by atoms with Crippen LogP contribution in [0.1, 0.15) is 36.8 Å². The van der Waals surface area contributed by atoms with Crippen molar-refractivity contribution in [3.8, 4) is 0 Å². The van der Waals surface area contributed by atoms with E-state index < -0.39 is 5.97 Å². The molecular weight excluding hydrogens is 368 g/mol. The first kappa shape index (κ1) is 20.6. The minimum absolute atomic E-state index is 0.0152. The molecule has 1 aliphatic rings. The molecule has 2 heterocycles. The van der Waals surface area contributed by atoms with Gasteiger partial charge in [0.1, 0.15) is 5.82 Å². The number of aromatic nitrogens is 1. The van der Waals surface area contributed by atoms with Gasteiger partial charge in [0.2, 0.25) is 0 Å². The molecule has 1 unspecified atom stereocenters. The Kier molecular flexibility index (Phi) is 7.44. The minimum atomic E-state index is -0.864. The van der Waals surface area contributed by atoms with Gasteiger partial charge in [-0.3, -0.25) is 4.79 Å². The van der Waals surface area contributed by atoms with Gasteiger partial charge in [0, 0.05) is 38.3 Å². The number of nitrogens with zero attached hydrogens (tertiary/aromatic N) is 2. The third-order valence-corrected chi connectivity index (χ3v) is 5.06. The number of carbonyl (C=O) groups is 2. The van der Waals surface area contributed by atoms with E-state index in [2.05, 4.69) is 20.5 Å². The summed E-state index contributed by atoms with van der Waals surface area (Å²) in [4.78, 5) is 30.0. The van der Waals surface area contributed by atoms with Gasteiger partial charge in [0.15, 0.2) is 0 Å². The van der Waals surface area contributed by atoms with Gasteiger partial charge in [-0.25, -0.2) is 9.78 Å². The largest absolute Gasteiger partial charge is 0.481 e. The van der Waals surface area contributed by atoms with E-state index in [-0.39, 0.29) is 18.5 Å². The molecule has 0 spiro atoms. The molecule has 2 aromatic rings. The number of hydrogen-bond donors (Lipinski definition) is 3. The maximum atomic E-state index is 12.4. The SMILES string of the molecule is O=C(O)CCC(Cc1ccccc1)NC(=O)NCc1ccnc(N2CCCC2)c1. The van der Waals surface area contributed by atoms with E-state index in [0.717, 1.165) is 30.0 Å². The normalized spacial score (nSPS) is 14.4. The summed E-state index contributed by atoms with van der Waals surface area (Å²) in [5.41, 5.74) is 2.05. The van der Waals surface area contributed by atoms with Crippen LogP contribution in [0.5, 0.6) is 0 Å². The van der Waals surface area contributed by atoms with Crippen LogP contribution in [-0.2, 0) is 17.8 Å². The third-order valence-electron chi connectivity index (χ3n) is 5.06. The predicted octanol–water partition coefficient (Wildman–Crippen LogP) is 2.96. The number of carbonyl (C=O) groups excluding carboxylic acids is 1. The van der Waals surface area contributed by atoms with Crippen LogP contribution in [0.4, 0.5) is 10.6 Å². The highest BCUT2D eigenvalue weighted by Gasteiger charge is 2.16. The van der Waals surface area contributed by atoms with Crippen LogP contribution < -0.4 is 15.5 Å². The average Bonchev–Trinajstić information content (AvgIpc) is 3.26. The maximum Gasteiger partial charge on any atom is 0.315 e. The topological polar surface area (TPSA) is 94.6 Å². The monoisotopic (exact) mass is 396 g/mol. The Morgan fingerprint density at radius 3 is 2.59 bits per heavy atom. The van der Waals surface area contributed by atoms with Crippen molar-refractivity contribution in [3.63, 3.8) is 0 Å². The van der Waals surface area contributed by atoms with Crippen LogP contribution in [0.15, 0.2) is 48.7 Å². The molecular formula is C22H28N4O3. The van der Waals surface area contributed by atoms with Crippen molar-refractivity contribution >= 4 is 17.8 Å². The van der Waals surface area contributed by atoms with Crippen LogP contribution in [0.3, 0.4) is 0 Å². The van der Waals surface area contributed by atoms with E-state index in [9.17, 15) is 9.59 Å². The molecule has 154 valence electrons. The second-order valence-corrected chi connectivity index (χ2v) is 7.36. The maximum absolute atomic E-state index is 12.4. The average molecular weight is 396 g/mol. The van der Waals surface area contributed by atoms with Crippen molar-refractivity contribution in [1.82, 2.24) is 15.6 Å². The Bertz CT molecular complexity index is 807. The van der Waals surface area contributed by atoms with E-state index in [1.54, 1.807) is 6.20 Å². The molecule has 3 rings (SSSR count). The van der Waals surface area contributed by atoms with Gasteiger partial charge in [0.25, 0.3) is 0 Å². The number of carboxylic acid groups (broad SMARTS) is 1. The number of nitrogens with one attached hydrogen (secondary N) is 2. The number of urea groups is 1. The van der Waals surface area contributed by atoms with Crippen molar-refractivity contribution in [2.75, 3.05) is 18.0 Å². The molecule has 29 heavy (non-hydrogen) atoms. The smallest absolute Gasteiger partial charge is 0.315 e. The highest BCUT2D eigenvalue weighted by atomic mass is 16.4. The fraction of sp³-hybridized carbons (Fsp3) is 0.409. The van der Waals surface area contributed by atoms with Crippen LogP contribution >= 0.6 is 0 Å². The number of carboxylic acids is 1. The van der Waals surface area contributed by atoms with Crippen LogP contribution in [0.25, 0.3) is 0 Å². The number of hydrogen-bond acceptors (Lipinski definition) is 4. The Morgan fingerprint density at radius 1 is 1.10 bits per heavy atom. The van der Waals surface area contributed by atoms with Crippen molar-refractivity contribution in [2.24, 2.45) is 0 Å². The highest BCUT2D eigenvalue weighted by Crippen LogP contribution is 2.18. The summed E-state index contributed by atoms with van der Waals surface area (Å²) >= 11 is 0. The third kappa shape index (κ3) is 6.78. The first-order valence-corrected chi connectivity index (χ1v) is 10.1. The number of benzene rings is 1. The molecule has 0 saturated carbocycles. The van der Waals surface area contributed by atoms with E-state index in [0.29, 0.717) is 19.4 Å². The van der Waals surface area contributed by atoms with Crippen LogP contribution in [0.2, 0.25) is 0 Å². The zero-order valence-electron chi connectivity index (χ0n) is 16.5. The molecule has 0 radical (unpaired) electrons. The number of rotatable bonds is 9. The molecule has 1 atom stereocenters. The molecule has 7 nitrogen and oxygen atoms in total. The zero-order valence-corrected chi connectivity index (χ0v) is 16.5. The van der Waals surface area contributed by atoms with E-state index >= 15 is 0 Å². The molecule has 0 aliphatic carbocycles. The van der Waals surface area contributed by atoms with Crippen molar-refractivity contribution < 1.29 is 14.7 Å². The van der Waals surface area contributed by atoms with E-state index in [1.807, 2.05) is 42.5 Å². The number of anilines is 1. The lowest BCUT2D eigenvalue weighted by molar-refractivity contribution is -0.137. The summed E-state index contributed by atoms with van der Waals surface area (Å²) in [6, 6.07) is 13.1. The Balaban J connectivity index is 1.53. The highest BCUT2D eigenvalue weighted by molar-refractivity contribution is 5.74. The lowest BCUT2D eigenvalue weighted by atomic mass is 10.0. The van der Waals surface area contributed by atoms with Crippen molar-refractivity contribution in [2.45, 2.75) is 44.7 Å². The van der Waals surface area contributed by atoms with E-state index in [4.69, 9.17) is 5.11 Å². The van der Waals surface area contributed by atoms with Gasteiger partial charge < -0.3 is 20.6 Å². The molecule has 7 heteroatoms. The lowest BCUT2D eigenvalue weighted by Gasteiger charge is -2.19. The minimum Gasteiger partial charge on any atom is -0.481 e. The lowest BCUT2D eigenvalue weighted by Crippen LogP contribution is -2.43. The zero-order chi connectivity index (χ0) is 20.5. The summed E-state index contributed by atoms with van der Waals surface area (Å²) in [6.45, 7) is 2.44. The van der Waals surface area contributed by atoms with Gasteiger partial charge in [-0.1, -0.05) is 30.3 Å². The first-order valence-electron chi connectivity index (χ1n) is 10.1. The molecule has 2 amide bonds. The molecule has 1 aromatic heterocycles. The van der Waals surface area contributed by atoms with Crippen LogP contribution in [0, 0.1) is 0 Å².